The summed E-state index contributed by atoms with van der Waals surface area (Å²) in [4.78, 5) is 33.3. The van der Waals surface area contributed by atoms with Gasteiger partial charge in [-0.2, -0.15) is 0 Å². The third-order valence-corrected chi connectivity index (χ3v) is 7.39. The van der Waals surface area contributed by atoms with E-state index in [1.807, 2.05) is 59.2 Å². The second-order valence-electron chi connectivity index (χ2n) is 9.76. The fourth-order valence-corrected chi connectivity index (χ4v) is 5.40. The average Bonchev–Trinajstić information content (AvgIpc) is 3.15. The number of amides is 1. The summed E-state index contributed by atoms with van der Waals surface area (Å²) in [5.74, 6) is 0.711. The fourth-order valence-electron chi connectivity index (χ4n) is 5.40. The van der Waals surface area contributed by atoms with Crippen LogP contribution in [0.25, 0.3) is 11.0 Å². The number of para-hydroxylation sites is 2. The van der Waals surface area contributed by atoms with E-state index in [4.69, 9.17) is 4.98 Å². The molecule has 5 rings (SSSR count). The van der Waals surface area contributed by atoms with E-state index in [1.165, 1.54) is 25.7 Å². The molecule has 0 atom stereocenters. The summed E-state index contributed by atoms with van der Waals surface area (Å²) in [6.45, 7) is 1.86. The van der Waals surface area contributed by atoms with Gasteiger partial charge in [-0.1, -0.05) is 68.1 Å². The van der Waals surface area contributed by atoms with Crippen molar-refractivity contribution in [3.63, 3.8) is 0 Å². The molecule has 1 aliphatic carbocycles. The molecule has 1 amide bonds. The van der Waals surface area contributed by atoms with Gasteiger partial charge < -0.3 is 10.2 Å². The summed E-state index contributed by atoms with van der Waals surface area (Å²) in [5, 5.41) is 3.32. The van der Waals surface area contributed by atoms with Gasteiger partial charge in [-0.05, 0) is 43.4 Å². The van der Waals surface area contributed by atoms with Crippen molar-refractivity contribution in [2.45, 2.75) is 64.0 Å². The van der Waals surface area contributed by atoms with Crippen molar-refractivity contribution in [3.05, 3.63) is 70.5 Å². The Hall–Kier alpha value is -3.15. The molecule has 1 saturated carbocycles. The predicted octanol–water partition coefficient (Wildman–Crippen LogP) is 4.50. The zero-order chi connectivity index (χ0) is 23.3. The van der Waals surface area contributed by atoms with Crippen molar-refractivity contribution in [2.24, 2.45) is 5.92 Å². The highest BCUT2D eigenvalue weighted by Gasteiger charge is 2.29. The lowest BCUT2D eigenvalue weighted by atomic mass is 9.95. The van der Waals surface area contributed by atoms with Crippen molar-refractivity contribution in [3.8, 4) is 0 Å². The Morgan fingerprint density at radius 1 is 0.882 bits per heavy atom. The van der Waals surface area contributed by atoms with Gasteiger partial charge in [0.15, 0.2) is 5.82 Å². The van der Waals surface area contributed by atoms with Crippen LogP contribution in [-0.2, 0) is 11.3 Å². The highest BCUT2D eigenvalue weighted by molar-refractivity contribution is 5.79. The summed E-state index contributed by atoms with van der Waals surface area (Å²) in [7, 11) is 0. The molecule has 2 heterocycles. The van der Waals surface area contributed by atoms with Gasteiger partial charge >= 0.3 is 0 Å². The van der Waals surface area contributed by atoms with Crippen LogP contribution in [0.5, 0.6) is 0 Å². The molecule has 2 aromatic carbocycles. The molecule has 0 spiro atoms. The largest absolute Gasteiger partial charge is 0.353 e. The first-order valence-electron chi connectivity index (χ1n) is 12.8. The number of rotatable bonds is 5. The lowest BCUT2D eigenvalue weighted by molar-refractivity contribution is -0.126. The lowest BCUT2D eigenvalue weighted by Gasteiger charge is -2.33. The van der Waals surface area contributed by atoms with Crippen LogP contribution in [0.15, 0.2) is 59.4 Å². The summed E-state index contributed by atoms with van der Waals surface area (Å²) >= 11 is 0. The number of hydrogen-bond acceptors (Lipinski definition) is 4. The number of benzene rings is 2. The minimum Gasteiger partial charge on any atom is -0.353 e. The third-order valence-electron chi connectivity index (χ3n) is 7.39. The van der Waals surface area contributed by atoms with E-state index in [0.29, 0.717) is 31.5 Å². The molecule has 2 fully saturated rings. The maximum Gasteiger partial charge on any atom is 0.294 e. The minimum atomic E-state index is -0.0658. The van der Waals surface area contributed by atoms with Crippen molar-refractivity contribution in [1.29, 1.82) is 0 Å². The molecule has 178 valence electrons. The van der Waals surface area contributed by atoms with Crippen LogP contribution in [0.2, 0.25) is 0 Å². The van der Waals surface area contributed by atoms with Gasteiger partial charge in [-0.3, -0.25) is 14.2 Å². The van der Waals surface area contributed by atoms with E-state index < -0.39 is 0 Å². The van der Waals surface area contributed by atoms with Crippen LogP contribution < -0.4 is 15.8 Å². The maximum atomic E-state index is 13.6. The van der Waals surface area contributed by atoms with E-state index in [2.05, 4.69) is 10.2 Å². The number of anilines is 1. The Labute approximate surface area is 201 Å². The molecular weight excluding hydrogens is 424 g/mol. The molecule has 34 heavy (non-hydrogen) atoms. The molecule has 0 radical (unpaired) electrons. The third kappa shape index (κ3) is 5.01. The van der Waals surface area contributed by atoms with Crippen molar-refractivity contribution >= 4 is 22.8 Å². The van der Waals surface area contributed by atoms with Crippen LogP contribution in [0.4, 0.5) is 5.82 Å². The molecule has 0 unspecified atom stereocenters. The first-order chi connectivity index (χ1) is 16.7. The summed E-state index contributed by atoms with van der Waals surface area (Å²) < 4.78 is 1.83. The zero-order valence-corrected chi connectivity index (χ0v) is 19.8. The number of nitrogens with one attached hydrogen (secondary N) is 1. The molecule has 1 N–H and O–H groups in total. The highest BCUT2D eigenvalue weighted by atomic mass is 16.2. The molecule has 1 saturated heterocycles. The molecular formula is C28H34N4O2. The van der Waals surface area contributed by atoms with Gasteiger partial charge in [0.25, 0.3) is 5.56 Å². The number of carbonyl (C=O) groups is 1. The maximum absolute atomic E-state index is 13.6. The van der Waals surface area contributed by atoms with Gasteiger partial charge in [0.05, 0.1) is 17.6 Å². The first-order valence-corrected chi connectivity index (χ1v) is 12.8. The second-order valence-corrected chi connectivity index (χ2v) is 9.76. The van der Waals surface area contributed by atoms with Crippen molar-refractivity contribution < 1.29 is 4.79 Å². The van der Waals surface area contributed by atoms with Gasteiger partial charge in [-0.25, -0.2) is 4.98 Å². The Morgan fingerprint density at radius 3 is 2.29 bits per heavy atom. The van der Waals surface area contributed by atoms with Crippen molar-refractivity contribution in [2.75, 3.05) is 18.0 Å². The SMILES string of the molecule is O=C(NC1CCCCCC1)C1CCN(c2nc3ccccc3n(Cc3ccccc3)c2=O)CC1. The number of aromatic nitrogens is 2. The Bertz CT molecular complexity index is 1170. The number of fused-ring (bicyclic) bond motifs is 1. The number of hydrogen-bond donors (Lipinski definition) is 1. The number of nitrogens with zero attached hydrogens (tertiary/aromatic N) is 3. The van der Waals surface area contributed by atoms with Crippen LogP contribution in [-0.4, -0.2) is 34.6 Å². The van der Waals surface area contributed by atoms with Crippen LogP contribution in [0, 0.1) is 5.92 Å². The number of piperidine rings is 1. The predicted molar refractivity (Wildman–Crippen MR) is 136 cm³/mol. The monoisotopic (exact) mass is 458 g/mol. The zero-order valence-electron chi connectivity index (χ0n) is 19.8. The topological polar surface area (TPSA) is 67.2 Å². The van der Waals surface area contributed by atoms with E-state index >= 15 is 0 Å². The van der Waals surface area contributed by atoms with Gasteiger partial charge in [0.2, 0.25) is 5.91 Å². The molecule has 6 heteroatoms. The summed E-state index contributed by atoms with van der Waals surface area (Å²) in [5.41, 5.74) is 2.68. The fraction of sp³-hybridized carbons (Fsp3) is 0.464. The smallest absolute Gasteiger partial charge is 0.294 e. The van der Waals surface area contributed by atoms with E-state index in [1.54, 1.807) is 0 Å². The molecule has 1 aliphatic heterocycles. The van der Waals surface area contributed by atoms with Crippen molar-refractivity contribution in [1.82, 2.24) is 14.9 Å². The Kier molecular flexibility index (Phi) is 6.93. The second kappa shape index (κ2) is 10.4. The number of carbonyl (C=O) groups excluding carboxylic acids is 1. The molecule has 6 nitrogen and oxygen atoms in total. The lowest BCUT2D eigenvalue weighted by Crippen LogP contribution is -2.45. The Morgan fingerprint density at radius 2 is 1.56 bits per heavy atom. The van der Waals surface area contributed by atoms with E-state index in [-0.39, 0.29) is 17.4 Å². The molecule has 0 bridgehead atoms. The standard InChI is InChI=1S/C28H34N4O2/c33-27(29-23-12-6-1-2-7-13-23)22-16-18-31(19-17-22)26-28(34)32(20-21-10-4-3-5-11-21)25-15-9-8-14-24(25)30-26/h3-5,8-11,14-15,22-23H,1-2,6-7,12-13,16-20H2,(H,29,33). The Balaban J connectivity index is 1.32. The minimum absolute atomic E-state index is 0.0199. The average molecular weight is 459 g/mol. The quantitative estimate of drug-likeness (QED) is 0.572. The van der Waals surface area contributed by atoms with E-state index in [0.717, 1.165) is 42.3 Å². The summed E-state index contributed by atoms with van der Waals surface area (Å²) in [6.07, 6.45) is 8.71. The van der Waals surface area contributed by atoms with Crippen LogP contribution >= 0.6 is 0 Å². The normalized spacial score (nSPS) is 18.1. The van der Waals surface area contributed by atoms with E-state index in [9.17, 15) is 9.59 Å². The van der Waals surface area contributed by atoms with Crippen LogP contribution in [0.3, 0.4) is 0 Å². The first kappa shape index (κ1) is 22.6. The molecule has 1 aromatic heterocycles. The highest BCUT2D eigenvalue weighted by Crippen LogP contribution is 2.24. The summed E-state index contributed by atoms with van der Waals surface area (Å²) in [6, 6.07) is 18.2. The molecule has 2 aliphatic rings. The van der Waals surface area contributed by atoms with Gasteiger partial charge in [-0.15, -0.1) is 0 Å². The van der Waals surface area contributed by atoms with Gasteiger partial charge in [0.1, 0.15) is 0 Å². The van der Waals surface area contributed by atoms with Crippen LogP contribution in [0.1, 0.15) is 56.9 Å². The van der Waals surface area contributed by atoms with Gasteiger partial charge in [0, 0.05) is 25.0 Å². The molecule has 3 aromatic rings.